The fourth-order valence-corrected chi connectivity index (χ4v) is 5.89. The van der Waals surface area contributed by atoms with Gasteiger partial charge in [0, 0.05) is 18.0 Å². The molecule has 2 bridgehead atoms. The smallest absolute Gasteiger partial charge is 0.412 e. The van der Waals surface area contributed by atoms with Crippen LogP contribution in [-0.4, -0.2) is 42.8 Å². The van der Waals surface area contributed by atoms with Crippen LogP contribution in [0.1, 0.15) is 58.3 Å². The topological polar surface area (TPSA) is 50.8 Å². The molecule has 3 aliphatic rings. The van der Waals surface area contributed by atoms with Crippen molar-refractivity contribution < 1.29 is 14.3 Å². The van der Waals surface area contributed by atoms with Crippen molar-refractivity contribution >= 4 is 11.8 Å². The lowest BCUT2D eigenvalue weighted by Crippen LogP contribution is -2.55. The second-order valence-corrected chi connectivity index (χ2v) is 8.67. The van der Waals surface area contributed by atoms with Crippen molar-refractivity contribution in [2.45, 2.75) is 76.5 Å². The van der Waals surface area contributed by atoms with Crippen molar-refractivity contribution in [3.05, 3.63) is 24.3 Å². The zero-order chi connectivity index (χ0) is 19.5. The maximum atomic E-state index is 12.6. The molecule has 5 heteroatoms. The van der Waals surface area contributed by atoms with Crippen LogP contribution in [0.25, 0.3) is 0 Å². The molecule has 1 N–H and O–H groups in total. The van der Waals surface area contributed by atoms with Crippen molar-refractivity contribution in [1.29, 1.82) is 0 Å². The molecular weight excluding hydrogens is 352 g/mol. The fraction of sp³-hybridized carbons (Fsp3) is 0.696. The van der Waals surface area contributed by atoms with E-state index in [1.807, 2.05) is 24.3 Å². The number of hydrogen-bond donors (Lipinski definition) is 1. The molecule has 1 aliphatic carbocycles. The number of benzene rings is 1. The van der Waals surface area contributed by atoms with Crippen molar-refractivity contribution in [3.8, 4) is 5.75 Å². The van der Waals surface area contributed by atoms with Gasteiger partial charge in [-0.1, -0.05) is 38.3 Å². The van der Waals surface area contributed by atoms with Gasteiger partial charge in [-0.05, 0) is 56.7 Å². The number of piperidine rings is 2. The van der Waals surface area contributed by atoms with E-state index >= 15 is 0 Å². The second-order valence-electron chi connectivity index (χ2n) is 8.67. The molecule has 3 fully saturated rings. The Morgan fingerprint density at radius 1 is 1.25 bits per heavy atom. The van der Waals surface area contributed by atoms with Gasteiger partial charge in [-0.25, -0.2) is 4.79 Å². The van der Waals surface area contributed by atoms with Crippen molar-refractivity contribution in [2.75, 3.05) is 19.0 Å². The number of methoxy groups -OCH3 is 1. The van der Waals surface area contributed by atoms with Crippen LogP contribution < -0.4 is 10.1 Å². The highest BCUT2D eigenvalue weighted by molar-refractivity contribution is 5.86. The highest BCUT2D eigenvalue weighted by Crippen LogP contribution is 2.49. The number of ether oxygens (including phenoxy) is 2. The van der Waals surface area contributed by atoms with Gasteiger partial charge in [0.25, 0.3) is 0 Å². The molecule has 1 aromatic rings. The lowest BCUT2D eigenvalue weighted by atomic mass is 9.79. The van der Waals surface area contributed by atoms with Crippen LogP contribution in [-0.2, 0) is 4.74 Å². The average Bonchev–Trinajstić information content (AvgIpc) is 3.07. The Labute approximate surface area is 168 Å². The van der Waals surface area contributed by atoms with E-state index in [0.29, 0.717) is 35.4 Å². The Bertz CT molecular complexity index is 680. The summed E-state index contributed by atoms with van der Waals surface area (Å²) < 4.78 is 11.3. The first-order chi connectivity index (χ1) is 13.7. The van der Waals surface area contributed by atoms with E-state index < -0.39 is 0 Å². The van der Waals surface area contributed by atoms with E-state index in [1.54, 1.807) is 7.11 Å². The monoisotopic (exact) mass is 386 g/mol. The summed E-state index contributed by atoms with van der Waals surface area (Å²) in [5.41, 5.74) is 0.663. The van der Waals surface area contributed by atoms with E-state index in [9.17, 15) is 4.79 Å². The van der Waals surface area contributed by atoms with Gasteiger partial charge in [-0.15, -0.1) is 0 Å². The third-order valence-electron chi connectivity index (χ3n) is 7.10. The number of nitrogens with zero attached hydrogens (tertiary/aromatic N) is 1. The van der Waals surface area contributed by atoms with Crippen LogP contribution in [0.5, 0.6) is 5.75 Å². The molecule has 5 nitrogen and oxygen atoms in total. The van der Waals surface area contributed by atoms with Crippen LogP contribution in [0.15, 0.2) is 24.3 Å². The number of unbranched alkanes of at least 4 members (excludes halogenated alkanes) is 1. The summed E-state index contributed by atoms with van der Waals surface area (Å²) >= 11 is 0. The fourth-order valence-electron chi connectivity index (χ4n) is 5.89. The number of para-hydroxylation sites is 2. The second kappa shape index (κ2) is 8.73. The normalized spacial score (nSPS) is 31.9. The zero-order valence-electron chi connectivity index (χ0n) is 17.2. The van der Waals surface area contributed by atoms with Gasteiger partial charge < -0.3 is 9.47 Å². The summed E-state index contributed by atoms with van der Waals surface area (Å²) in [5, 5.41) is 2.89. The number of anilines is 1. The number of fused-ring (bicyclic) bond motifs is 4. The average molecular weight is 387 g/mol. The summed E-state index contributed by atoms with van der Waals surface area (Å²) in [7, 11) is 1.61. The molecule has 5 atom stereocenters. The molecule has 1 aromatic carbocycles. The summed E-state index contributed by atoms with van der Waals surface area (Å²) in [6.07, 6.45) is 9.67. The lowest BCUT2D eigenvalue weighted by molar-refractivity contribution is -0.0177. The predicted molar refractivity (Wildman–Crippen MR) is 111 cm³/mol. The lowest BCUT2D eigenvalue weighted by Gasteiger charge is -2.49. The Hall–Kier alpha value is -1.75. The SMILES string of the molecule is CCCC[C@H]1C2CC(OC(=O)Nc3ccccc3OC)C(C2)[C@H]2CCCCN21. The standard InChI is InChI=1S/C23H34N2O3/c1-3-4-10-19-16-14-17(20-11-7-8-13-25(19)20)22(15-16)28-23(26)24-18-9-5-6-12-21(18)27-2/h5-6,9,12,16-17,19-20,22H,3-4,7-8,10-11,13-15H2,1-2H3,(H,24,26)/t16?,17?,19-,20+,22?/m0/s1. The number of carbonyl (C=O) groups is 1. The highest BCUT2D eigenvalue weighted by Gasteiger charge is 2.52. The Morgan fingerprint density at radius 2 is 2.11 bits per heavy atom. The maximum absolute atomic E-state index is 12.6. The van der Waals surface area contributed by atoms with E-state index in [4.69, 9.17) is 9.47 Å². The third-order valence-corrected chi connectivity index (χ3v) is 7.10. The van der Waals surface area contributed by atoms with Crippen LogP contribution in [0, 0.1) is 11.8 Å². The van der Waals surface area contributed by atoms with Gasteiger partial charge >= 0.3 is 6.09 Å². The quantitative estimate of drug-likeness (QED) is 0.742. The molecule has 28 heavy (non-hydrogen) atoms. The molecule has 1 saturated carbocycles. The minimum atomic E-state index is -0.352. The van der Waals surface area contributed by atoms with Crippen LogP contribution in [0.4, 0.5) is 10.5 Å². The molecular formula is C23H34N2O3. The van der Waals surface area contributed by atoms with Crippen molar-refractivity contribution in [3.63, 3.8) is 0 Å². The Balaban J connectivity index is 1.44. The summed E-state index contributed by atoms with van der Waals surface area (Å²) in [6, 6.07) is 8.75. The Morgan fingerprint density at radius 3 is 2.93 bits per heavy atom. The maximum Gasteiger partial charge on any atom is 0.412 e. The molecule has 0 spiro atoms. The molecule has 0 aromatic heterocycles. The molecule has 2 saturated heterocycles. The van der Waals surface area contributed by atoms with E-state index in [1.165, 1.54) is 51.5 Å². The van der Waals surface area contributed by atoms with Gasteiger partial charge in [-0.2, -0.15) is 0 Å². The number of hydrogen-bond acceptors (Lipinski definition) is 4. The molecule has 4 rings (SSSR count). The number of rotatable bonds is 6. The minimum absolute atomic E-state index is 0.0388. The molecule has 2 heterocycles. The van der Waals surface area contributed by atoms with E-state index in [2.05, 4.69) is 17.1 Å². The van der Waals surface area contributed by atoms with Crippen LogP contribution in [0.3, 0.4) is 0 Å². The predicted octanol–water partition coefficient (Wildman–Crippen LogP) is 5.07. The zero-order valence-corrected chi connectivity index (χ0v) is 17.2. The van der Waals surface area contributed by atoms with Gasteiger partial charge in [0.2, 0.25) is 0 Å². The minimum Gasteiger partial charge on any atom is -0.495 e. The summed E-state index contributed by atoms with van der Waals surface area (Å²) in [5.74, 6) is 1.82. The van der Waals surface area contributed by atoms with Crippen molar-refractivity contribution in [2.24, 2.45) is 11.8 Å². The van der Waals surface area contributed by atoms with Gasteiger partial charge in [0.15, 0.2) is 0 Å². The van der Waals surface area contributed by atoms with E-state index in [-0.39, 0.29) is 12.2 Å². The molecule has 154 valence electrons. The summed E-state index contributed by atoms with van der Waals surface area (Å²) in [4.78, 5) is 15.4. The number of carbonyl (C=O) groups excluding carboxylic acids is 1. The number of amides is 1. The van der Waals surface area contributed by atoms with Gasteiger partial charge in [-0.3, -0.25) is 10.2 Å². The van der Waals surface area contributed by atoms with Crippen molar-refractivity contribution in [1.82, 2.24) is 4.90 Å². The third kappa shape index (κ3) is 3.86. The first-order valence-corrected chi connectivity index (χ1v) is 11.1. The van der Waals surface area contributed by atoms with Gasteiger partial charge in [0.05, 0.1) is 12.8 Å². The Kier molecular flexibility index (Phi) is 6.10. The number of nitrogens with one attached hydrogen (secondary N) is 1. The van der Waals surface area contributed by atoms with Crippen LogP contribution >= 0.6 is 0 Å². The molecule has 0 radical (unpaired) electrons. The first-order valence-electron chi connectivity index (χ1n) is 11.1. The molecule has 2 aliphatic heterocycles. The van der Waals surface area contributed by atoms with Gasteiger partial charge in [0.1, 0.15) is 11.9 Å². The first kappa shape index (κ1) is 19.6. The van der Waals surface area contributed by atoms with E-state index in [0.717, 1.165) is 6.42 Å². The highest BCUT2D eigenvalue weighted by atomic mass is 16.6. The summed E-state index contributed by atoms with van der Waals surface area (Å²) in [6.45, 7) is 3.51. The molecule has 1 amide bonds. The van der Waals surface area contributed by atoms with Crippen LogP contribution in [0.2, 0.25) is 0 Å². The molecule has 3 unspecified atom stereocenters. The largest absolute Gasteiger partial charge is 0.495 e.